The number of aromatic nitrogens is 4. The normalized spacial score (nSPS) is 16.1. The average Bonchev–Trinajstić information content (AvgIpc) is 3.46. The van der Waals surface area contributed by atoms with Crippen LogP contribution in [0.5, 0.6) is 0 Å². The summed E-state index contributed by atoms with van der Waals surface area (Å²) in [5.41, 5.74) is 2.64. The fourth-order valence-electron chi connectivity index (χ4n) is 5.16. The van der Waals surface area contributed by atoms with Gasteiger partial charge in [0.15, 0.2) is 0 Å². The first-order valence-corrected chi connectivity index (χ1v) is 14.0. The largest absolute Gasteiger partial charge is 0.359 e. The summed E-state index contributed by atoms with van der Waals surface area (Å²) in [6.07, 6.45) is 6.43. The molecular formula is C28H29Cl2N7O2. The van der Waals surface area contributed by atoms with Crippen LogP contribution in [0, 0.1) is 0 Å². The maximum absolute atomic E-state index is 13.0. The van der Waals surface area contributed by atoms with E-state index in [0.717, 1.165) is 49.8 Å². The Labute approximate surface area is 235 Å². The number of halogens is 2. The first kappa shape index (κ1) is 25.8. The van der Waals surface area contributed by atoms with E-state index in [1.54, 1.807) is 18.2 Å². The summed E-state index contributed by atoms with van der Waals surface area (Å²) in [6, 6.07) is 8.96. The SMILES string of the molecule is CN(C(=O)CCC(Nc1ncnc2cc(C(=O)N3CCCC3)c(Cl)cc12)c1nc2ccc(Cl)cc2[nH]1)C1CC1. The second kappa shape index (κ2) is 10.6. The van der Waals surface area contributed by atoms with Crippen LogP contribution in [0.15, 0.2) is 36.7 Å². The molecule has 4 aromatic rings. The minimum absolute atomic E-state index is 0.0790. The lowest BCUT2D eigenvalue weighted by molar-refractivity contribution is -0.130. The van der Waals surface area contributed by atoms with E-state index in [0.29, 0.717) is 57.0 Å². The van der Waals surface area contributed by atoms with Crippen molar-refractivity contribution in [2.75, 3.05) is 25.5 Å². The van der Waals surface area contributed by atoms with Crippen molar-refractivity contribution >= 4 is 62.8 Å². The molecule has 0 radical (unpaired) electrons. The summed E-state index contributed by atoms with van der Waals surface area (Å²) in [6.45, 7) is 1.48. The molecule has 2 fully saturated rings. The number of carbonyl (C=O) groups is 2. The number of hydrogen-bond donors (Lipinski definition) is 2. The molecule has 202 valence electrons. The molecule has 1 atom stereocenters. The third-order valence-electron chi connectivity index (χ3n) is 7.59. The molecule has 1 aliphatic heterocycles. The maximum Gasteiger partial charge on any atom is 0.255 e. The number of nitrogens with one attached hydrogen (secondary N) is 2. The number of benzene rings is 2. The Morgan fingerprint density at radius 1 is 1.13 bits per heavy atom. The Morgan fingerprint density at radius 2 is 1.92 bits per heavy atom. The summed E-state index contributed by atoms with van der Waals surface area (Å²) in [7, 11) is 1.87. The van der Waals surface area contributed by atoms with Crippen molar-refractivity contribution in [2.24, 2.45) is 0 Å². The van der Waals surface area contributed by atoms with Gasteiger partial charge in [0, 0.05) is 43.0 Å². The number of likely N-dealkylation sites (tertiary alicyclic amines) is 1. The second-order valence-corrected chi connectivity index (χ2v) is 11.2. The zero-order valence-electron chi connectivity index (χ0n) is 21.6. The molecule has 3 heterocycles. The van der Waals surface area contributed by atoms with Gasteiger partial charge in [0.25, 0.3) is 5.91 Å². The van der Waals surface area contributed by atoms with Gasteiger partial charge in [-0.1, -0.05) is 23.2 Å². The van der Waals surface area contributed by atoms with E-state index < -0.39 is 0 Å². The number of carbonyl (C=O) groups excluding carboxylic acids is 2. The molecule has 2 aliphatic rings. The molecule has 2 N–H and O–H groups in total. The molecule has 6 rings (SSSR count). The topological polar surface area (TPSA) is 107 Å². The van der Waals surface area contributed by atoms with Crippen LogP contribution in [0.1, 0.15) is 60.7 Å². The van der Waals surface area contributed by atoms with E-state index in [-0.39, 0.29) is 17.9 Å². The van der Waals surface area contributed by atoms with Gasteiger partial charge in [-0.2, -0.15) is 0 Å². The lowest BCUT2D eigenvalue weighted by Crippen LogP contribution is -2.29. The van der Waals surface area contributed by atoms with Gasteiger partial charge >= 0.3 is 0 Å². The molecule has 0 bridgehead atoms. The maximum atomic E-state index is 13.0. The molecule has 2 aromatic heterocycles. The van der Waals surface area contributed by atoms with Gasteiger partial charge in [-0.25, -0.2) is 15.0 Å². The van der Waals surface area contributed by atoms with Crippen LogP contribution in [0.25, 0.3) is 21.9 Å². The van der Waals surface area contributed by atoms with Crippen LogP contribution in [0.3, 0.4) is 0 Å². The molecule has 39 heavy (non-hydrogen) atoms. The molecule has 2 aromatic carbocycles. The summed E-state index contributed by atoms with van der Waals surface area (Å²) in [5.74, 6) is 1.25. The van der Waals surface area contributed by atoms with Crippen LogP contribution in [0.4, 0.5) is 5.82 Å². The summed E-state index contributed by atoms with van der Waals surface area (Å²) in [5, 5.41) is 5.13. The predicted molar refractivity (Wildman–Crippen MR) is 152 cm³/mol. The van der Waals surface area contributed by atoms with Crippen molar-refractivity contribution in [3.63, 3.8) is 0 Å². The lowest BCUT2D eigenvalue weighted by Gasteiger charge is -2.21. The van der Waals surface area contributed by atoms with Crippen LogP contribution in [-0.2, 0) is 4.79 Å². The Balaban J connectivity index is 1.32. The molecule has 9 nitrogen and oxygen atoms in total. The minimum atomic E-state index is -0.351. The van der Waals surface area contributed by atoms with E-state index in [1.807, 2.05) is 29.0 Å². The van der Waals surface area contributed by atoms with Gasteiger partial charge < -0.3 is 20.1 Å². The Hall–Kier alpha value is -3.43. The van der Waals surface area contributed by atoms with Gasteiger partial charge in [-0.05, 0) is 62.4 Å². The predicted octanol–water partition coefficient (Wildman–Crippen LogP) is 5.60. The number of hydrogen-bond acceptors (Lipinski definition) is 6. The Morgan fingerprint density at radius 3 is 2.69 bits per heavy atom. The highest BCUT2D eigenvalue weighted by atomic mass is 35.5. The highest BCUT2D eigenvalue weighted by Gasteiger charge is 2.30. The van der Waals surface area contributed by atoms with E-state index >= 15 is 0 Å². The van der Waals surface area contributed by atoms with Crippen molar-refractivity contribution in [3.8, 4) is 0 Å². The molecule has 11 heteroatoms. The van der Waals surface area contributed by atoms with Crippen molar-refractivity contribution in [1.29, 1.82) is 0 Å². The number of fused-ring (bicyclic) bond motifs is 2. The Bertz CT molecular complexity index is 1560. The van der Waals surface area contributed by atoms with Crippen molar-refractivity contribution < 1.29 is 9.59 Å². The zero-order chi connectivity index (χ0) is 27.1. The van der Waals surface area contributed by atoms with Crippen LogP contribution in [0.2, 0.25) is 10.0 Å². The van der Waals surface area contributed by atoms with Crippen molar-refractivity contribution in [1.82, 2.24) is 29.7 Å². The van der Waals surface area contributed by atoms with E-state index in [9.17, 15) is 9.59 Å². The average molecular weight is 566 g/mol. The number of aromatic amines is 1. The second-order valence-electron chi connectivity index (χ2n) is 10.3. The third kappa shape index (κ3) is 5.38. The van der Waals surface area contributed by atoms with Gasteiger partial charge in [-0.15, -0.1) is 0 Å². The number of nitrogens with zero attached hydrogens (tertiary/aromatic N) is 5. The number of H-pyrrole nitrogens is 1. The zero-order valence-corrected chi connectivity index (χ0v) is 23.1. The molecule has 2 amide bonds. The lowest BCUT2D eigenvalue weighted by atomic mass is 10.1. The third-order valence-corrected chi connectivity index (χ3v) is 8.13. The monoisotopic (exact) mass is 565 g/mol. The molecule has 1 unspecified atom stereocenters. The van der Waals surface area contributed by atoms with Crippen LogP contribution < -0.4 is 5.32 Å². The standard InChI is InChI=1S/C28H29Cl2N7O2/c1-36(17-5-6-17)25(38)9-8-22(27-33-21-7-4-16(29)12-24(21)35-27)34-26-19-13-20(30)18(14-23(19)31-15-32-26)28(39)37-10-2-3-11-37/h4,7,12-15,17,22H,2-3,5-6,8-11H2,1H3,(H,33,35)(H,31,32,34). The fourth-order valence-corrected chi connectivity index (χ4v) is 5.58. The molecule has 0 spiro atoms. The highest BCUT2D eigenvalue weighted by molar-refractivity contribution is 6.35. The summed E-state index contributed by atoms with van der Waals surface area (Å²) < 4.78 is 0. The summed E-state index contributed by atoms with van der Waals surface area (Å²) >= 11 is 12.8. The van der Waals surface area contributed by atoms with E-state index in [2.05, 4.69) is 20.3 Å². The van der Waals surface area contributed by atoms with Gasteiger partial charge in [0.05, 0.1) is 33.2 Å². The molecular weight excluding hydrogens is 537 g/mol. The minimum Gasteiger partial charge on any atom is -0.359 e. The van der Waals surface area contributed by atoms with Gasteiger partial charge in [-0.3, -0.25) is 9.59 Å². The Kier molecular flexibility index (Phi) is 7.03. The number of anilines is 1. The summed E-state index contributed by atoms with van der Waals surface area (Å²) in [4.78, 5) is 46.6. The smallest absolute Gasteiger partial charge is 0.255 e. The van der Waals surface area contributed by atoms with Gasteiger partial charge in [0.2, 0.25) is 5.91 Å². The van der Waals surface area contributed by atoms with E-state index in [1.165, 1.54) is 6.33 Å². The quantitative estimate of drug-likeness (QED) is 0.288. The molecule has 1 saturated heterocycles. The van der Waals surface area contributed by atoms with Crippen molar-refractivity contribution in [2.45, 2.75) is 50.6 Å². The highest BCUT2D eigenvalue weighted by Crippen LogP contribution is 2.32. The first-order chi connectivity index (χ1) is 18.9. The molecule has 1 aliphatic carbocycles. The van der Waals surface area contributed by atoms with E-state index in [4.69, 9.17) is 28.2 Å². The van der Waals surface area contributed by atoms with Crippen LogP contribution in [-0.4, -0.2) is 67.7 Å². The first-order valence-electron chi connectivity index (χ1n) is 13.3. The number of rotatable bonds is 8. The van der Waals surface area contributed by atoms with Gasteiger partial charge in [0.1, 0.15) is 18.0 Å². The van der Waals surface area contributed by atoms with Crippen LogP contribution >= 0.6 is 23.2 Å². The molecule has 1 saturated carbocycles. The number of amides is 2. The number of imidazole rings is 1. The van der Waals surface area contributed by atoms with Crippen molar-refractivity contribution in [3.05, 3.63) is 58.1 Å². The fraction of sp³-hybridized carbons (Fsp3) is 0.393.